The van der Waals surface area contributed by atoms with Gasteiger partial charge in [0.15, 0.2) is 5.84 Å². The summed E-state index contributed by atoms with van der Waals surface area (Å²) in [6.45, 7) is 11.4. The minimum absolute atomic E-state index is 0.400. The van der Waals surface area contributed by atoms with Crippen molar-refractivity contribution in [2.75, 3.05) is 45.2 Å². The fourth-order valence-electron chi connectivity index (χ4n) is 4.04. The molecular formula is C22H31N5OS. The molecule has 156 valence electrons. The molecule has 6 nitrogen and oxygen atoms in total. The van der Waals surface area contributed by atoms with Gasteiger partial charge in [0.25, 0.3) is 0 Å². The van der Waals surface area contributed by atoms with Gasteiger partial charge < -0.3 is 15.0 Å². The van der Waals surface area contributed by atoms with Crippen LogP contribution in [0.2, 0.25) is 0 Å². The molecule has 1 N–H and O–H groups in total. The van der Waals surface area contributed by atoms with Gasteiger partial charge in [-0.25, -0.2) is 9.98 Å². The van der Waals surface area contributed by atoms with Gasteiger partial charge in [0.1, 0.15) is 10.7 Å². The van der Waals surface area contributed by atoms with Crippen molar-refractivity contribution < 1.29 is 4.74 Å². The number of methoxy groups -OCH3 is 1. The maximum absolute atomic E-state index is 5.37. The van der Waals surface area contributed by atoms with Gasteiger partial charge in [-0.3, -0.25) is 4.90 Å². The number of amidine groups is 1. The van der Waals surface area contributed by atoms with Crippen molar-refractivity contribution >= 4 is 33.5 Å². The lowest BCUT2D eigenvalue weighted by Gasteiger charge is -2.42. The highest BCUT2D eigenvalue weighted by atomic mass is 32.1. The normalized spacial score (nSPS) is 19.4. The highest BCUT2D eigenvalue weighted by molar-refractivity contribution is 7.16. The van der Waals surface area contributed by atoms with Gasteiger partial charge in [-0.1, -0.05) is 32.9 Å². The number of anilines is 2. The third-order valence-electron chi connectivity index (χ3n) is 5.69. The fourth-order valence-corrected chi connectivity index (χ4v) is 5.01. The van der Waals surface area contributed by atoms with Crippen LogP contribution in [0.25, 0.3) is 0 Å². The Labute approximate surface area is 177 Å². The number of nitrogens with one attached hydrogen (secondary N) is 1. The van der Waals surface area contributed by atoms with E-state index in [0.29, 0.717) is 12.0 Å². The van der Waals surface area contributed by atoms with E-state index in [9.17, 15) is 0 Å². The Morgan fingerprint density at radius 1 is 1.28 bits per heavy atom. The first-order chi connectivity index (χ1) is 14.1. The lowest BCUT2D eigenvalue weighted by Crippen LogP contribution is -2.55. The number of likely N-dealkylation sites (N-methyl/N-ethyl adjacent to an activating group) is 1. The lowest BCUT2D eigenvalue weighted by atomic mass is 10.1. The first-order valence-electron chi connectivity index (χ1n) is 10.5. The molecule has 1 atom stereocenters. The molecule has 0 radical (unpaired) electrons. The Kier molecular flexibility index (Phi) is 6.18. The SMILES string of the molecule is CCN1CCN(C2=Nc3ccccc3Nc3sc(C(C)C)nc32)CC1CCOC. The van der Waals surface area contributed by atoms with Crippen LogP contribution in [0.3, 0.4) is 0 Å². The molecule has 1 aromatic carbocycles. The Bertz CT molecular complexity index is 878. The zero-order valence-electron chi connectivity index (χ0n) is 17.8. The summed E-state index contributed by atoms with van der Waals surface area (Å²) >= 11 is 1.75. The minimum Gasteiger partial charge on any atom is -0.385 e. The molecule has 3 heterocycles. The summed E-state index contributed by atoms with van der Waals surface area (Å²) in [5, 5.41) is 5.85. The van der Waals surface area contributed by atoms with E-state index in [0.717, 1.165) is 72.1 Å². The Hall–Kier alpha value is -1.96. The zero-order chi connectivity index (χ0) is 20.4. The van der Waals surface area contributed by atoms with Gasteiger partial charge in [-0.05, 0) is 25.1 Å². The van der Waals surface area contributed by atoms with Crippen LogP contribution in [0.15, 0.2) is 29.3 Å². The van der Waals surface area contributed by atoms with Crippen LogP contribution in [-0.2, 0) is 4.74 Å². The van der Waals surface area contributed by atoms with Crippen molar-refractivity contribution in [1.82, 2.24) is 14.8 Å². The van der Waals surface area contributed by atoms with E-state index < -0.39 is 0 Å². The summed E-state index contributed by atoms with van der Waals surface area (Å²) in [5.41, 5.74) is 3.02. The molecule has 0 saturated carbocycles. The number of nitrogens with zero attached hydrogens (tertiary/aromatic N) is 4. The highest BCUT2D eigenvalue weighted by Gasteiger charge is 2.32. The predicted octanol–water partition coefficient (Wildman–Crippen LogP) is 4.44. The van der Waals surface area contributed by atoms with Crippen LogP contribution in [0, 0.1) is 0 Å². The summed E-state index contributed by atoms with van der Waals surface area (Å²) in [4.78, 5) is 15.1. The van der Waals surface area contributed by atoms with Gasteiger partial charge in [0, 0.05) is 45.3 Å². The van der Waals surface area contributed by atoms with E-state index in [-0.39, 0.29) is 0 Å². The largest absolute Gasteiger partial charge is 0.385 e. The van der Waals surface area contributed by atoms with Gasteiger partial charge >= 0.3 is 0 Å². The van der Waals surface area contributed by atoms with E-state index in [4.69, 9.17) is 14.7 Å². The molecule has 1 fully saturated rings. The van der Waals surface area contributed by atoms with Gasteiger partial charge in [-0.2, -0.15) is 0 Å². The molecule has 7 heteroatoms. The van der Waals surface area contributed by atoms with Crippen LogP contribution in [0.1, 0.15) is 43.8 Å². The lowest BCUT2D eigenvalue weighted by molar-refractivity contribution is 0.0847. The number of rotatable bonds is 5. The molecule has 0 aliphatic carbocycles. The van der Waals surface area contributed by atoms with Crippen LogP contribution in [0.4, 0.5) is 16.4 Å². The quantitative estimate of drug-likeness (QED) is 0.785. The molecule has 2 aromatic rings. The van der Waals surface area contributed by atoms with Gasteiger partial charge in [0.05, 0.1) is 16.4 Å². The number of hydrogen-bond acceptors (Lipinski definition) is 7. The number of aromatic nitrogens is 1. The molecule has 0 spiro atoms. The zero-order valence-corrected chi connectivity index (χ0v) is 18.6. The number of piperazine rings is 1. The number of fused-ring (bicyclic) bond motifs is 2. The summed E-state index contributed by atoms with van der Waals surface area (Å²) in [5.74, 6) is 1.40. The first kappa shape index (κ1) is 20.3. The predicted molar refractivity (Wildman–Crippen MR) is 121 cm³/mol. The number of ether oxygens (including phenoxy) is 1. The first-order valence-corrected chi connectivity index (χ1v) is 11.4. The van der Waals surface area contributed by atoms with Crippen molar-refractivity contribution in [3.63, 3.8) is 0 Å². The number of benzene rings is 1. The summed E-state index contributed by atoms with van der Waals surface area (Å²) in [6.07, 6.45) is 1.03. The second kappa shape index (κ2) is 8.81. The highest BCUT2D eigenvalue weighted by Crippen LogP contribution is 2.39. The number of aliphatic imine (C=N–C) groups is 1. The average molecular weight is 414 g/mol. The van der Waals surface area contributed by atoms with Crippen LogP contribution in [0.5, 0.6) is 0 Å². The topological polar surface area (TPSA) is 53.0 Å². The molecule has 29 heavy (non-hydrogen) atoms. The molecule has 1 unspecified atom stereocenters. The maximum atomic E-state index is 5.37. The van der Waals surface area contributed by atoms with Crippen molar-refractivity contribution in [3.05, 3.63) is 35.0 Å². The molecule has 0 bridgehead atoms. The Morgan fingerprint density at radius 3 is 2.86 bits per heavy atom. The molecule has 4 rings (SSSR count). The van der Waals surface area contributed by atoms with Crippen LogP contribution >= 0.6 is 11.3 Å². The number of hydrogen-bond donors (Lipinski definition) is 1. The van der Waals surface area contributed by atoms with E-state index >= 15 is 0 Å². The van der Waals surface area contributed by atoms with Gasteiger partial charge in [0.2, 0.25) is 0 Å². The number of thiazole rings is 1. The second-order valence-electron chi connectivity index (χ2n) is 7.97. The van der Waals surface area contributed by atoms with Crippen LogP contribution < -0.4 is 5.32 Å². The molecule has 1 aromatic heterocycles. The van der Waals surface area contributed by atoms with Gasteiger partial charge in [-0.15, -0.1) is 11.3 Å². The standard InChI is InChI=1S/C22H31N5OS/c1-5-26-11-12-27(14-16(26)10-13-28-4)20-19-22(29-21(25-19)15(2)3)24-18-9-7-6-8-17(18)23-20/h6-9,15-16,24H,5,10-14H2,1-4H3. The molecule has 2 aliphatic rings. The summed E-state index contributed by atoms with van der Waals surface area (Å²) < 4.78 is 5.37. The monoisotopic (exact) mass is 413 g/mol. The minimum atomic E-state index is 0.400. The smallest absolute Gasteiger partial charge is 0.158 e. The van der Waals surface area contributed by atoms with Crippen LogP contribution in [-0.4, -0.2) is 66.6 Å². The third kappa shape index (κ3) is 4.17. The summed E-state index contributed by atoms with van der Waals surface area (Å²) in [6, 6.07) is 8.74. The average Bonchev–Trinajstić information content (AvgIpc) is 3.08. The summed E-state index contributed by atoms with van der Waals surface area (Å²) in [7, 11) is 1.78. The molecule has 1 saturated heterocycles. The van der Waals surface area contributed by atoms with E-state index in [1.807, 2.05) is 6.07 Å². The Balaban J connectivity index is 1.72. The number of para-hydroxylation sites is 2. The second-order valence-corrected chi connectivity index (χ2v) is 9.00. The van der Waals surface area contributed by atoms with E-state index in [1.165, 1.54) is 0 Å². The van der Waals surface area contributed by atoms with Crippen molar-refractivity contribution in [2.24, 2.45) is 4.99 Å². The fraction of sp³-hybridized carbons (Fsp3) is 0.545. The molecular weight excluding hydrogens is 382 g/mol. The van der Waals surface area contributed by atoms with E-state index in [2.05, 4.69) is 54.1 Å². The van der Waals surface area contributed by atoms with Crippen molar-refractivity contribution in [1.29, 1.82) is 0 Å². The Morgan fingerprint density at radius 2 is 2.10 bits per heavy atom. The molecule has 0 amide bonds. The van der Waals surface area contributed by atoms with Crippen molar-refractivity contribution in [2.45, 2.75) is 39.2 Å². The van der Waals surface area contributed by atoms with Crippen molar-refractivity contribution in [3.8, 4) is 0 Å². The van der Waals surface area contributed by atoms with E-state index in [1.54, 1.807) is 18.4 Å². The molecule has 2 aliphatic heterocycles. The maximum Gasteiger partial charge on any atom is 0.158 e. The third-order valence-corrected chi connectivity index (χ3v) is 6.96.